The predicted molar refractivity (Wildman–Crippen MR) is 110 cm³/mol. The summed E-state index contributed by atoms with van der Waals surface area (Å²) < 4.78 is 39.2. The van der Waals surface area contributed by atoms with Crippen LogP contribution in [0.1, 0.15) is 55.0 Å². The van der Waals surface area contributed by atoms with Crippen LogP contribution in [-0.2, 0) is 18.3 Å². The molecule has 0 aliphatic carbocycles. The summed E-state index contributed by atoms with van der Waals surface area (Å²) in [6.07, 6.45) is -1.86. The minimum atomic E-state index is -4.41. The summed E-state index contributed by atoms with van der Waals surface area (Å²) in [6.45, 7) is 6.21. The summed E-state index contributed by atoms with van der Waals surface area (Å²) in [5.74, 6) is 0.320. The highest BCUT2D eigenvalue weighted by atomic mass is 19.4. The van der Waals surface area contributed by atoms with E-state index in [4.69, 9.17) is 0 Å². The Morgan fingerprint density at radius 1 is 1.17 bits per heavy atom. The van der Waals surface area contributed by atoms with Crippen LogP contribution in [0.3, 0.4) is 0 Å². The van der Waals surface area contributed by atoms with Crippen LogP contribution in [0.2, 0.25) is 0 Å². The van der Waals surface area contributed by atoms with Gasteiger partial charge in [-0.3, -0.25) is 4.90 Å². The highest BCUT2D eigenvalue weighted by molar-refractivity contribution is 5.81. The second-order valence-corrected chi connectivity index (χ2v) is 8.46. The lowest BCUT2D eigenvalue weighted by Gasteiger charge is -2.39. The third-order valence-corrected chi connectivity index (χ3v) is 6.08. The van der Waals surface area contributed by atoms with E-state index in [2.05, 4.69) is 34.8 Å². The summed E-state index contributed by atoms with van der Waals surface area (Å²) >= 11 is 0. The van der Waals surface area contributed by atoms with Crippen molar-refractivity contribution < 1.29 is 18.3 Å². The van der Waals surface area contributed by atoms with E-state index in [1.165, 1.54) is 11.6 Å². The first-order valence-electron chi connectivity index (χ1n) is 10.3. The molecule has 1 saturated heterocycles. The van der Waals surface area contributed by atoms with Crippen LogP contribution in [-0.4, -0.2) is 33.1 Å². The van der Waals surface area contributed by atoms with Crippen molar-refractivity contribution in [3.8, 4) is 0 Å². The average molecular weight is 417 g/mol. The molecule has 30 heavy (non-hydrogen) atoms. The molecule has 0 saturated carbocycles. The molecule has 0 spiro atoms. The summed E-state index contributed by atoms with van der Waals surface area (Å²) in [7, 11) is 0. The van der Waals surface area contributed by atoms with Gasteiger partial charge in [0.05, 0.1) is 11.2 Å². The van der Waals surface area contributed by atoms with Crippen molar-refractivity contribution in [1.82, 2.24) is 14.9 Å². The number of pyridine rings is 1. The summed E-state index contributed by atoms with van der Waals surface area (Å²) in [5.41, 5.74) is 1.62. The van der Waals surface area contributed by atoms with Gasteiger partial charge in [-0.1, -0.05) is 26.0 Å². The van der Waals surface area contributed by atoms with Crippen LogP contribution < -0.4 is 0 Å². The first-order valence-corrected chi connectivity index (χ1v) is 10.3. The first kappa shape index (κ1) is 20.9. The van der Waals surface area contributed by atoms with Crippen molar-refractivity contribution >= 4 is 11.0 Å². The van der Waals surface area contributed by atoms with Gasteiger partial charge in [-0.25, -0.2) is 4.98 Å². The van der Waals surface area contributed by atoms with E-state index in [1.54, 1.807) is 12.3 Å². The van der Waals surface area contributed by atoms with Crippen molar-refractivity contribution in [2.75, 3.05) is 13.1 Å². The Morgan fingerprint density at radius 2 is 1.90 bits per heavy atom. The minimum Gasteiger partial charge on any atom is -0.385 e. The topological polar surface area (TPSA) is 52.2 Å². The van der Waals surface area contributed by atoms with Crippen molar-refractivity contribution in [3.05, 3.63) is 65.0 Å². The molecular formula is C23H26F3N3O. The van der Waals surface area contributed by atoms with Crippen molar-refractivity contribution in [1.29, 1.82) is 0 Å². The zero-order valence-corrected chi connectivity index (χ0v) is 17.1. The number of likely N-dealkylation sites (tertiary alicyclic amines) is 1. The van der Waals surface area contributed by atoms with Crippen LogP contribution in [0.25, 0.3) is 11.0 Å². The Morgan fingerprint density at radius 3 is 2.57 bits per heavy atom. The van der Waals surface area contributed by atoms with Crippen LogP contribution in [0.15, 0.2) is 42.6 Å². The molecule has 0 atom stereocenters. The Kier molecular flexibility index (Phi) is 5.36. The van der Waals surface area contributed by atoms with E-state index in [9.17, 15) is 18.3 Å². The highest BCUT2D eigenvalue weighted by Gasteiger charge is 2.37. The Balaban J connectivity index is 1.52. The van der Waals surface area contributed by atoms with Crippen molar-refractivity contribution in [2.45, 2.75) is 50.9 Å². The standard InChI is InChI=1S/C23H26F3N3O/c1-15(2)20-19(18-7-4-10-27-21(18)28-20)14-29-11-8-22(30,9-12-29)16-5-3-6-17(13-16)23(24,25)26/h3-7,10,13,15,30H,8-9,11-12,14H2,1-2H3,(H,27,28). The third kappa shape index (κ3) is 3.96. The normalized spacial score (nSPS) is 17.7. The lowest BCUT2D eigenvalue weighted by atomic mass is 9.83. The van der Waals surface area contributed by atoms with E-state index in [0.29, 0.717) is 37.4 Å². The number of nitrogens with one attached hydrogen (secondary N) is 1. The number of halogens is 3. The molecule has 1 aliphatic rings. The van der Waals surface area contributed by atoms with Crippen LogP contribution >= 0.6 is 0 Å². The van der Waals surface area contributed by atoms with Gasteiger partial charge in [0.15, 0.2) is 0 Å². The van der Waals surface area contributed by atoms with Gasteiger partial charge in [-0.2, -0.15) is 13.2 Å². The Labute approximate surface area is 173 Å². The van der Waals surface area contributed by atoms with Crippen LogP contribution in [0.5, 0.6) is 0 Å². The molecule has 0 bridgehead atoms. The predicted octanol–water partition coefficient (Wildman–Crippen LogP) is 5.19. The number of H-pyrrole nitrogens is 1. The number of aromatic amines is 1. The van der Waals surface area contributed by atoms with Gasteiger partial charge in [-0.15, -0.1) is 0 Å². The zero-order valence-electron chi connectivity index (χ0n) is 17.1. The molecule has 0 radical (unpaired) electrons. The van der Waals surface area contributed by atoms with Crippen molar-refractivity contribution in [3.63, 3.8) is 0 Å². The Bertz CT molecular complexity index is 1030. The molecule has 0 unspecified atom stereocenters. The molecule has 1 aromatic carbocycles. The smallest absolute Gasteiger partial charge is 0.385 e. The number of piperidine rings is 1. The lowest BCUT2D eigenvalue weighted by Crippen LogP contribution is -2.42. The molecule has 0 amide bonds. The Hall–Kier alpha value is -2.38. The monoisotopic (exact) mass is 417 g/mol. The lowest BCUT2D eigenvalue weighted by molar-refractivity contribution is -0.137. The van der Waals surface area contributed by atoms with Crippen LogP contribution in [0, 0.1) is 0 Å². The molecule has 7 heteroatoms. The van der Waals surface area contributed by atoms with Gasteiger partial charge in [0.1, 0.15) is 5.65 Å². The molecule has 4 nitrogen and oxygen atoms in total. The number of benzene rings is 1. The zero-order chi connectivity index (χ0) is 21.5. The molecule has 2 aromatic heterocycles. The summed E-state index contributed by atoms with van der Waals surface area (Å²) in [5, 5.41) is 12.2. The maximum Gasteiger partial charge on any atom is 0.416 e. The van der Waals surface area contributed by atoms with E-state index in [-0.39, 0.29) is 0 Å². The SMILES string of the molecule is CC(C)c1[nH]c2ncccc2c1CN1CCC(O)(c2cccc(C(F)(F)F)c2)CC1. The fourth-order valence-electron chi connectivity index (χ4n) is 4.34. The number of nitrogens with zero attached hydrogens (tertiary/aromatic N) is 2. The van der Waals surface area contributed by atoms with Gasteiger partial charge < -0.3 is 10.1 Å². The largest absolute Gasteiger partial charge is 0.416 e. The molecule has 160 valence electrons. The molecule has 3 aromatic rings. The number of hydrogen-bond acceptors (Lipinski definition) is 3. The van der Waals surface area contributed by atoms with E-state index in [1.807, 2.05) is 6.07 Å². The maximum absolute atomic E-state index is 13.1. The van der Waals surface area contributed by atoms with E-state index < -0.39 is 17.3 Å². The maximum atomic E-state index is 13.1. The second kappa shape index (κ2) is 7.71. The number of hydrogen-bond donors (Lipinski definition) is 2. The first-order chi connectivity index (χ1) is 14.2. The van der Waals surface area contributed by atoms with E-state index in [0.717, 1.165) is 35.4 Å². The quantitative estimate of drug-likeness (QED) is 0.614. The molecule has 1 aliphatic heterocycles. The molecular weight excluding hydrogens is 391 g/mol. The molecule has 1 fully saturated rings. The van der Waals surface area contributed by atoms with Crippen molar-refractivity contribution in [2.24, 2.45) is 0 Å². The minimum absolute atomic E-state index is 0.320. The molecule has 3 heterocycles. The fraction of sp³-hybridized carbons (Fsp3) is 0.435. The number of fused-ring (bicyclic) bond motifs is 1. The van der Waals surface area contributed by atoms with E-state index >= 15 is 0 Å². The van der Waals surface area contributed by atoms with Gasteiger partial charge >= 0.3 is 6.18 Å². The van der Waals surface area contributed by atoms with Gasteiger partial charge in [0.25, 0.3) is 0 Å². The molecule has 2 N–H and O–H groups in total. The number of alkyl halides is 3. The number of aliphatic hydroxyl groups is 1. The fourth-order valence-corrected chi connectivity index (χ4v) is 4.34. The van der Waals surface area contributed by atoms with Gasteiger partial charge in [-0.05, 0) is 54.2 Å². The van der Waals surface area contributed by atoms with Gasteiger partial charge in [0, 0.05) is 36.9 Å². The summed E-state index contributed by atoms with van der Waals surface area (Å²) in [6, 6.07) is 9.07. The highest BCUT2D eigenvalue weighted by Crippen LogP contribution is 2.37. The van der Waals surface area contributed by atoms with Crippen LogP contribution in [0.4, 0.5) is 13.2 Å². The summed E-state index contributed by atoms with van der Waals surface area (Å²) in [4.78, 5) is 10.1. The third-order valence-electron chi connectivity index (χ3n) is 6.08. The average Bonchev–Trinajstić information content (AvgIpc) is 3.08. The van der Waals surface area contributed by atoms with Gasteiger partial charge in [0.2, 0.25) is 0 Å². The number of aromatic nitrogens is 2. The number of rotatable bonds is 4. The molecule has 4 rings (SSSR count). The second-order valence-electron chi connectivity index (χ2n) is 8.46.